The van der Waals surface area contributed by atoms with Crippen molar-refractivity contribution in [3.05, 3.63) is 22.3 Å². The number of hydrogen-bond donors (Lipinski definition) is 1. The van der Waals surface area contributed by atoms with Crippen LogP contribution >= 0.6 is 23.7 Å². The average Bonchev–Trinajstić information content (AvgIpc) is 2.92. The maximum absolute atomic E-state index is 12.9. The molecule has 0 spiro atoms. The number of benzene rings is 1. The van der Waals surface area contributed by atoms with Crippen LogP contribution in [-0.2, 0) is 24.6 Å². The monoisotopic (exact) mass is 614 g/mol. The Kier molecular flexibility index (Phi) is 14.1. The van der Waals surface area contributed by atoms with Gasteiger partial charge in [0.15, 0.2) is 0 Å². The molecule has 8 heteroatoms. The summed E-state index contributed by atoms with van der Waals surface area (Å²) >= 11 is 10.9. The molecule has 1 aliphatic heterocycles. The Hall–Kier alpha value is -1.66. The van der Waals surface area contributed by atoms with Crippen LogP contribution < -0.4 is 4.74 Å². The highest BCUT2D eigenvalue weighted by atomic mass is 35.5. The number of phenolic OH excluding ortho intramolecular Hbond substituents is 1. The average molecular weight is 616 g/mol. The van der Waals surface area contributed by atoms with Gasteiger partial charge >= 0.3 is 11.9 Å². The normalized spacial score (nSPS) is 20.6. The highest BCUT2D eigenvalue weighted by Gasteiger charge is 2.49. The van der Waals surface area contributed by atoms with Gasteiger partial charge in [-0.05, 0) is 81.4 Å². The van der Waals surface area contributed by atoms with Gasteiger partial charge in [-0.25, -0.2) is 0 Å². The van der Waals surface area contributed by atoms with Crippen molar-refractivity contribution >= 4 is 35.7 Å². The number of carbonyl (C=O) groups excluding carboxylic acids is 2. The lowest BCUT2D eigenvalue weighted by molar-refractivity contribution is -0.151. The fourth-order valence-electron chi connectivity index (χ4n) is 6.54. The molecule has 0 aliphatic carbocycles. The molecule has 6 nitrogen and oxygen atoms in total. The molecule has 2 unspecified atom stereocenters. The molecule has 5 atom stereocenters. The molecule has 234 valence electrons. The quantitative estimate of drug-likeness (QED) is 0.200. The maximum atomic E-state index is 12.9. The van der Waals surface area contributed by atoms with Crippen LogP contribution in [-0.4, -0.2) is 22.6 Å². The third kappa shape index (κ3) is 9.68. The van der Waals surface area contributed by atoms with Crippen LogP contribution in [0.15, 0.2) is 0 Å². The first-order valence-corrected chi connectivity index (χ1v) is 16.0. The first-order chi connectivity index (χ1) is 19.2. The van der Waals surface area contributed by atoms with E-state index >= 15 is 0 Å². The summed E-state index contributed by atoms with van der Waals surface area (Å²) in [5, 5.41) is 10.7. The van der Waals surface area contributed by atoms with E-state index in [2.05, 4.69) is 36.3 Å². The van der Waals surface area contributed by atoms with Gasteiger partial charge in [0.25, 0.3) is 0 Å². The Morgan fingerprint density at radius 1 is 0.902 bits per heavy atom. The number of carbonyl (C=O) groups is 2. The Balaban J connectivity index is 2.18. The summed E-state index contributed by atoms with van der Waals surface area (Å²) in [6, 6.07) is 0. The molecule has 1 aromatic carbocycles. The molecule has 0 radical (unpaired) electrons. The fraction of sp³-hybridized carbons (Fsp3) is 0.758. The second-order valence-electron chi connectivity index (χ2n) is 13.3. The standard InChI is InChI=1S/C33H52Cl2O6/c1-20(2)12-9-13-21(3)14-10-15-22(4)16-11-17-33(8)28(27(32(38)41-35)19-29(36)40-34)18-26-25(7)30(37)23(5)24(6)31(26)39-33/h20-22,27-28,37H,9-19H2,1-8H3/t21-,22+,27?,28?,33-/m0/s1. The van der Waals surface area contributed by atoms with E-state index in [-0.39, 0.29) is 12.2 Å². The molecule has 1 aromatic rings. The number of rotatable bonds is 16. The second kappa shape index (κ2) is 16.3. The zero-order chi connectivity index (χ0) is 30.9. The van der Waals surface area contributed by atoms with E-state index in [9.17, 15) is 14.7 Å². The molecule has 1 aliphatic rings. The number of phenols is 1. The third-order valence-corrected chi connectivity index (χ3v) is 9.79. The van der Waals surface area contributed by atoms with Crippen LogP contribution in [0, 0.1) is 50.4 Å². The molecule has 1 N–H and O–H groups in total. The molecule has 0 aromatic heterocycles. The van der Waals surface area contributed by atoms with Crippen LogP contribution in [0.2, 0.25) is 0 Å². The number of aromatic hydroxyl groups is 1. The summed E-state index contributed by atoms with van der Waals surface area (Å²) < 4.78 is 15.8. The van der Waals surface area contributed by atoms with Crippen molar-refractivity contribution < 1.29 is 28.0 Å². The van der Waals surface area contributed by atoms with Gasteiger partial charge < -0.3 is 18.4 Å². The number of halogens is 2. The minimum atomic E-state index is -0.922. The van der Waals surface area contributed by atoms with Crippen molar-refractivity contribution in [1.82, 2.24) is 0 Å². The predicted molar refractivity (Wildman–Crippen MR) is 165 cm³/mol. The lowest BCUT2D eigenvalue weighted by atomic mass is 9.69. The van der Waals surface area contributed by atoms with Crippen LogP contribution in [0.1, 0.15) is 121 Å². The third-order valence-electron chi connectivity index (χ3n) is 9.46. The predicted octanol–water partition coefficient (Wildman–Crippen LogP) is 9.47. The molecule has 2 rings (SSSR count). The largest absolute Gasteiger partial charge is 0.507 e. The van der Waals surface area contributed by atoms with Gasteiger partial charge in [-0.15, -0.1) is 0 Å². The van der Waals surface area contributed by atoms with E-state index in [1.165, 1.54) is 38.5 Å². The van der Waals surface area contributed by atoms with E-state index in [1.54, 1.807) is 0 Å². The minimum Gasteiger partial charge on any atom is -0.507 e. The molecule has 0 saturated carbocycles. The van der Waals surface area contributed by atoms with Gasteiger partial charge in [0.05, 0.1) is 12.3 Å². The van der Waals surface area contributed by atoms with Gasteiger partial charge in [0, 0.05) is 11.5 Å². The topological polar surface area (TPSA) is 82.1 Å². The summed E-state index contributed by atoms with van der Waals surface area (Å²) in [5.74, 6) is 0.254. The summed E-state index contributed by atoms with van der Waals surface area (Å²) in [5.41, 5.74) is 2.41. The van der Waals surface area contributed by atoms with E-state index in [1.807, 2.05) is 27.7 Å². The minimum absolute atomic E-state index is 0.215. The van der Waals surface area contributed by atoms with Crippen molar-refractivity contribution in [2.75, 3.05) is 0 Å². The Morgan fingerprint density at radius 3 is 2.00 bits per heavy atom. The lowest BCUT2D eigenvalue weighted by Gasteiger charge is -2.46. The Labute approximate surface area is 258 Å². The SMILES string of the molecule is Cc1c(C)c2c(c(C)c1O)CC(C(CC(=O)OCl)C(=O)OCl)[C@](C)(CCC[C@H](C)CCC[C@@H](C)CCCC(C)C)O2. The number of fused-ring (bicyclic) bond motifs is 1. The highest BCUT2D eigenvalue weighted by molar-refractivity contribution is 6.14. The smallest absolute Gasteiger partial charge is 0.328 e. The van der Waals surface area contributed by atoms with Gasteiger partial charge in [0.1, 0.15) is 40.8 Å². The Morgan fingerprint density at radius 2 is 1.46 bits per heavy atom. The highest BCUT2D eigenvalue weighted by Crippen LogP contribution is 2.49. The van der Waals surface area contributed by atoms with E-state index < -0.39 is 29.4 Å². The van der Waals surface area contributed by atoms with Gasteiger partial charge in [-0.3, -0.25) is 9.59 Å². The van der Waals surface area contributed by atoms with E-state index in [0.29, 0.717) is 24.3 Å². The zero-order valence-corrected chi connectivity index (χ0v) is 27.9. The first kappa shape index (κ1) is 35.5. The van der Waals surface area contributed by atoms with E-state index in [4.69, 9.17) is 28.5 Å². The number of hydrogen-bond acceptors (Lipinski definition) is 6. The molecule has 0 bridgehead atoms. The first-order valence-electron chi connectivity index (χ1n) is 15.4. The van der Waals surface area contributed by atoms with Crippen molar-refractivity contribution in [1.29, 1.82) is 0 Å². The van der Waals surface area contributed by atoms with Crippen LogP contribution in [0.4, 0.5) is 0 Å². The molecular weight excluding hydrogens is 563 g/mol. The van der Waals surface area contributed by atoms with E-state index in [0.717, 1.165) is 47.1 Å². The van der Waals surface area contributed by atoms with Crippen LogP contribution in [0.3, 0.4) is 0 Å². The summed E-state index contributed by atoms with van der Waals surface area (Å²) in [4.78, 5) is 25.1. The zero-order valence-electron chi connectivity index (χ0n) is 26.4. The maximum Gasteiger partial charge on any atom is 0.328 e. The molecule has 0 fully saturated rings. The molecule has 41 heavy (non-hydrogen) atoms. The van der Waals surface area contributed by atoms with Crippen LogP contribution in [0.25, 0.3) is 0 Å². The molecule has 0 saturated heterocycles. The summed E-state index contributed by atoms with van der Waals surface area (Å²) in [6.07, 6.45) is 10.4. The second-order valence-corrected chi connectivity index (χ2v) is 13.6. The van der Waals surface area contributed by atoms with Crippen molar-refractivity contribution in [3.8, 4) is 11.5 Å². The van der Waals surface area contributed by atoms with Crippen molar-refractivity contribution in [2.45, 2.75) is 132 Å². The van der Waals surface area contributed by atoms with Gasteiger partial charge in [-0.1, -0.05) is 72.6 Å². The van der Waals surface area contributed by atoms with Crippen LogP contribution in [0.5, 0.6) is 11.5 Å². The molecule has 0 amide bonds. The Bertz CT molecular complexity index is 1030. The van der Waals surface area contributed by atoms with Gasteiger partial charge in [0.2, 0.25) is 0 Å². The van der Waals surface area contributed by atoms with Gasteiger partial charge in [-0.2, -0.15) is 0 Å². The lowest BCUT2D eigenvalue weighted by Crippen LogP contribution is -2.51. The molecule has 1 heterocycles. The molecular formula is C33H52Cl2O6. The number of ether oxygens (including phenoxy) is 1. The van der Waals surface area contributed by atoms with Crippen molar-refractivity contribution in [3.63, 3.8) is 0 Å². The summed E-state index contributed by atoms with van der Waals surface area (Å²) in [6.45, 7) is 16.9. The van der Waals surface area contributed by atoms with Crippen molar-refractivity contribution in [2.24, 2.45) is 29.6 Å². The summed E-state index contributed by atoms with van der Waals surface area (Å²) in [7, 11) is 0. The fourth-order valence-corrected chi connectivity index (χ4v) is 6.72.